The Morgan fingerprint density at radius 1 is 1.00 bits per heavy atom. The molecule has 1 aromatic heterocycles. The van der Waals surface area contributed by atoms with Gasteiger partial charge in [0.25, 0.3) is 0 Å². The molecule has 104 valence electrons. The third kappa shape index (κ3) is 3.09. The molecule has 0 atom stereocenters. The largest absolute Gasteiger partial charge is 0.476 e. The smallest absolute Gasteiger partial charge is 0.355 e. The average Bonchev–Trinajstić information content (AvgIpc) is 2.99. The number of carboxylic acid groups (broad SMARTS) is 1. The van der Waals surface area contributed by atoms with Gasteiger partial charge in [0.15, 0.2) is 5.69 Å². The highest BCUT2D eigenvalue weighted by molar-refractivity contribution is 7.13. The van der Waals surface area contributed by atoms with Crippen molar-refractivity contribution in [2.75, 3.05) is 0 Å². The lowest BCUT2D eigenvalue weighted by molar-refractivity contribution is 0.0691. The molecule has 21 heavy (non-hydrogen) atoms. The highest BCUT2D eigenvalue weighted by Gasteiger charge is 2.10. The van der Waals surface area contributed by atoms with Crippen molar-refractivity contribution in [2.24, 2.45) is 0 Å². The van der Waals surface area contributed by atoms with E-state index in [4.69, 9.17) is 9.84 Å². The number of rotatable bonds is 4. The molecule has 0 aliphatic heterocycles. The molecule has 0 unspecified atom stereocenters. The monoisotopic (exact) mass is 297 g/mol. The minimum absolute atomic E-state index is 0.0691. The van der Waals surface area contributed by atoms with E-state index in [-0.39, 0.29) is 5.69 Å². The van der Waals surface area contributed by atoms with Crippen LogP contribution in [0.3, 0.4) is 0 Å². The molecule has 5 heteroatoms. The zero-order valence-electron chi connectivity index (χ0n) is 10.9. The maximum absolute atomic E-state index is 10.8. The van der Waals surface area contributed by atoms with Gasteiger partial charge >= 0.3 is 5.97 Å². The summed E-state index contributed by atoms with van der Waals surface area (Å²) in [6.45, 7) is 0. The van der Waals surface area contributed by atoms with Gasteiger partial charge in [-0.3, -0.25) is 0 Å². The number of hydrogen-bond donors (Lipinski definition) is 1. The van der Waals surface area contributed by atoms with Gasteiger partial charge in [0.05, 0.1) is 0 Å². The Morgan fingerprint density at radius 3 is 2.29 bits per heavy atom. The van der Waals surface area contributed by atoms with E-state index >= 15 is 0 Å². The molecule has 0 aliphatic carbocycles. The Bertz CT molecular complexity index is 751. The first kappa shape index (κ1) is 13.3. The van der Waals surface area contributed by atoms with Gasteiger partial charge < -0.3 is 9.84 Å². The van der Waals surface area contributed by atoms with Crippen LogP contribution in [0.5, 0.6) is 11.5 Å². The van der Waals surface area contributed by atoms with E-state index in [1.165, 1.54) is 16.7 Å². The quantitative estimate of drug-likeness (QED) is 0.780. The molecular formula is C16H11NO3S. The van der Waals surface area contributed by atoms with Crippen LogP contribution in [0.2, 0.25) is 0 Å². The number of para-hydroxylation sites is 1. The average molecular weight is 297 g/mol. The van der Waals surface area contributed by atoms with Crippen LogP contribution >= 0.6 is 11.3 Å². The SMILES string of the molecule is O=C(O)c1csc(-c2ccc(Oc3ccccc3)cc2)n1. The predicted molar refractivity (Wildman–Crippen MR) is 81.0 cm³/mol. The van der Waals surface area contributed by atoms with Gasteiger partial charge in [0.1, 0.15) is 16.5 Å². The van der Waals surface area contributed by atoms with Gasteiger partial charge in [-0.25, -0.2) is 9.78 Å². The van der Waals surface area contributed by atoms with Crippen LogP contribution in [0.1, 0.15) is 10.5 Å². The third-order valence-corrected chi connectivity index (χ3v) is 3.69. The number of hydrogen-bond acceptors (Lipinski definition) is 4. The number of benzene rings is 2. The van der Waals surface area contributed by atoms with Crippen molar-refractivity contribution in [3.05, 3.63) is 65.7 Å². The van der Waals surface area contributed by atoms with E-state index < -0.39 is 5.97 Å². The first-order valence-corrected chi connectivity index (χ1v) is 7.12. The predicted octanol–water partition coefficient (Wildman–Crippen LogP) is 4.30. The number of carboxylic acids is 1. The van der Waals surface area contributed by atoms with Crippen molar-refractivity contribution in [3.63, 3.8) is 0 Å². The number of aromatic nitrogens is 1. The third-order valence-electron chi connectivity index (χ3n) is 2.80. The fourth-order valence-corrected chi connectivity index (χ4v) is 2.59. The molecule has 0 aliphatic rings. The summed E-state index contributed by atoms with van der Waals surface area (Å²) >= 11 is 1.31. The van der Waals surface area contributed by atoms with E-state index in [2.05, 4.69) is 4.98 Å². The van der Waals surface area contributed by atoms with Crippen molar-refractivity contribution in [1.29, 1.82) is 0 Å². The van der Waals surface area contributed by atoms with Crippen LogP contribution in [-0.2, 0) is 0 Å². The summed E-state index contributed by atoms with van der Waals surface area (Å²) in [4.78, 5) is 14.9. The van der Waals surface area contributed by atoms with Crippen LogP contribution in [0, 0.1) is 0 Å². The molecule has 2 aromatic carbocycles. The van der Waals surface area contributed by atoms with Crippen LogP contribution in [0.25, 0.3) is 10.6 Å². The minimum atomic E-state index is -1.01. The molecule has 0 radical (unpaired) electrons. The van der Waals surface area contributed by atoms with Crippen LogP contribution in [0.15, 0.2) is 60.0 Å². The van der Waals surface area contributed by atoms with E-state index in [0.29, 0.717) is 5.01 Å². The van der Waals surface area contributed by atoms with Gasteiger partial charge in [-0.2, -0.15) is 0 Å². The maximum atomic E-state index is 10.8. The highest BCUT2D eigenvalue weighted by atomic mass is 32.1. The molecule has 1 N–H and O–H groups in total. The van der Waals surface area contributed by atoms with Gasteiger partial charge in [-0.1, -0.05) is 18.2 Å². The molecule has 4 nitrogen and oxygen atoms in total. The zero-order valence-corrected chi connectivity index (χ0v) is 11.7. The van der Waals surface area contributed by atoms with Gasteiger partial charge in [-0.05, 0) is 36.4 Å². The Balaban J connectivity index is 1.78. The minimum Gasteiger partial charge on any atom is -0.476 e. The zero-order chi connectivity index (χ0) is 14.7. The Hall–Kier alpha value is -2.66. The standard InChI is InChI=1S/C16H11NO3S/c18-16(19)14-10-21-15(17-14)11-6-8-13(9-7-11)20-12-4-2-1-3-5-12/h1-10H,(H,18,19). The summed E-state index contributed by atoms with van der Waals surface area (Å²) in [6.07, 6.45) is 0. The normalized spacial score (nSPS) is 10.3. The van der Waals surface area contributed by atoms with Gasteiger partial charge in [0, 0.05) is 10.9 Å². The molecule has 0 spiro atoms. The van der Waals surface area contributed by atoms with Gasteiger partial charge in [-0.15, -0.1) is 11.3 Å². The van der Waals surface area contributed by atoms with Crippen molar-refractivity contribution < 1.29 is 14.6 Å². The molecule has 0 saturated carbocycles. The van der Waals surface area contributed by atoms with Crippen LogP contribution in [0.4, 0.5) is 0 Å². The van der Waals surface area contributed by atoms with Crippen molar-refractivity contribution in [2.45, 2.75) is 0 Å². The number of carbonyl (C=O) groups is 1. The summed E-state index contributed by atoms with van der Waals surface area (Å²) in [7, 11) is 0. The lowest BCUT2D eigenvalue weighted by Gasteiger charge is -2.05. The fourth-order valence-electron chi connectivity index (χ4n) is 1.79. The molecular weight excluding hydrogens is 286 g/mol. The van der Waals surface area contributed by atoms with Crippen molar-refractivity contribution >= 4 is 17.3 Å². The Morgan fingerprint density at radius 2 is 1.67 bits per heavy atom. The summed E-state index contributed by atoms with van der Waals surface area (Å²) in [5, 5.41) is 11.1. The molecule has 0 bridgehead atoms. The van der Waals surface area contributed by atoms with E-state index in [9.17, 15) is 4.79 Å². The first-order valence-electron chi connectivity index (χ1n) is 6.24. The number of thiazole rings is 1. The second-order valence-electron chi connectivity index (χ2n) is 4.28. The van der Waals surface area contributed by atoms with Crippen LogP contribution in [-0.4, -0.2) is 16.1 Å². The van der Waals surface area contributed by atoms with E-state index in [1.54, 1.807) is 0 Å². The lowest BCUT2D eigenvalue weighted by Crippen LogP contribution is -1.95. The second kappa shape index (κ2) is 5.76. The maximum Gasteiger partial charge on any atom is 0.355 e. The Labute approximate surface area is 125 Å². The first-order chi connectivity index (χ1) is 10.2. The summed E-state index contributed by atoms with van der Waals surface area (Å²) in [6, 6.07) is 16.9. The number of aromatic carboxylic acids is 1. The van der Waals surface area contributed by atoms with E-state index in [1.807, 2.05) is 54.6 Å². The van der Waals surface area contributed by atoms with Gasteiger partial charge in [0.2, 0.25) is 0 Å². The highest BCUT2D eigenvalue weighted by Crippen LogP contribution is 2.27. The summed E-state index contributed by atoms with van der Waals surface area (Å²) < 4.78 is 5.70. The molecule has 3 rings (SSSR count). The van der Waals surface area contributed by atoms with E-state index in [0.717, 1.165) is 17.1 Å². The fraction of sp³-hybridized carbons (Fsp3) is 0. The van der Waals surface area contributed by atoms with Crippen molar-refractivity contribution in [3.8, 4) is 22.1 Å². The molecule has 0 amide bonds. The summed E-state index contributed by atoms with van der Waals surface area (Å²) in [5.41, 5.74) is 0.938. The van der Waals surface area contributed by atoms with Crippen LogP contribution < -0.4 is 4.74 Å². The molecule has 3 aromatic rings. The molecule has 0 saturated heterocycles. The summed E-state index contributed by atoms with van der Waals surface area (Å²) in [5.74, 6) is 0.481. The van der Waals surface area contributed by atoms with Crippen molar-refractivity contribution in [1.82, 2.24) is 4.98 Å². The lowest BCUT2D eigenvalue weighted by atomic mass is 10.2. The molecule has 0 fully saturated rings. The number of nitrogens with zero attached hydrogens (tertiary/aromatic N) is 1. The molecule has 1 heterocycles. The number of ether oxygens (including phenoxy) is 1. The second-order valence-corrected chi connectivity index (χ2v) is 5.14. The topological polar surface area (TPSA) is 59.4 Å². The Kier molecular flexibility index (Phi) is 3.66.